The molecule has 158 valence electrons. The summed E-state index contributed by atoms with van der Waals surface area (Å²) in [5.41, 5.74) is 6.36. The number of nitrogens with one attached hydrogen (secondary N) is 1. The summed E-state index contributed by atoms with van der Waals surface area (Å²) in [6, 6.07) is 26.2. The molecule has 0 saturated heterocycles. The van der Waals surface area contributed by atoms with Gasteiger partial charge in [0.1, 0.15) is 11.6 Å². The van der Waals surface area contributed by atoms with Crippen LogP contribution in [0.5, 0.6) is 5.75 Å². The van der Waals surface area contributed by atoms with Crippen molar-refractivity contribution in [3.8, 4) is 40.1 Å². The van der Waals surface area contributed by atoms with Crippen molar-refractivity contribution >= 4 is 11.0 Å². The molecular formula is C28H20N4O. The van der Waals surface area contributed by atoms with Crippen molar-refractivity contribution in [3.05, 3.63) is 96.4 Å². The van der Waals surface area contributed by atoms with Gasteiger partial charge in [-0.3, -0.25) is 0 Å². The number of benzene rings is 3. The number of imidazole rings is 1. The van der Waals surface area contributed by atoms with Crippen molar-refractivity contribution < 1.29 is 5.11 Å². The SMILES string of the molecule is N#CC1C=CC(Cc2nc3cc(O)c(-c4ccc(-c5ccccc5)cc4)cc3[nH]2)=CC1C#N. The van der Waals surface area contributed by atoms with Gasteiger partial charge in [-0.25, -0.2) is 4.98 Å². The largest absolute Gasteiger partial charge is 0.507 e. The summed E-state index contributed by atoms with van der Waals surface area (Å²) >= 11 is 0. The number of aromatic amines is 1. The highest BCUT2D eigenvalue weighted by Crippen LogP contribution is 2.34. The molecule has 1 heterocycles. The van der Waals surface area contributed by atoms with Crippen LogP contribution in [0.2, 0.25) is 0 Å². The molecule has 0 aliphatic heterocycles. The molecule has 2 unspecified atom stereocenters. The Bertz CT molecular complexity index is 1460. The molecule has 5 heteroatoms. The Balaban J connectivity index is 1.42. The summed E-state index contributed by atoms with van der Waals surface area (Å²) in [6.07, 6.45) is 6.00. The van der Waals surface area contributed by atoms with Crippen LogP contribution in [0.4, 0.5) is 0 Å². The zero-order chi connectivity index (χ0) is 22.8. The monoisotopic (exact) mass is 428 g/mol. The van der Waals surface area contributed by atoms with E-state index in [1.54, 1.807) is 12.1 Å². The Labute approximate surface area is 191 Å². The normalized spacial score (nSPS) is 17.3. The molecule has 1 aliphatic carbocycles. The molecule has 1 aromatic heterocycles. The molecule has 3 aromatic carbocycles. The lowest BCUT2D eigenvalue weighted by Gasteiger charge is -2.14. The van der Waals surface area contributed by atoms with E-state index in [1.807, 2.05) is 48.6 Å². The number of phenolic OH excluding ortho intramolecular Hbond substituents is 1. The average Bonchev–Trinajstić information content (AvgIpc) is 3.25. The van der Waals surface area contributed by atoms with Gasteiger partial charge < -0.3 is 10.1 Å². The van der Waals surface area contributed by atoms with E-state index in [-0.39, 0.29) is 5.75 Å². The van der Waals surface area contributed by atoms with Gasteiger partial charge in [-0.1, -0.05) is 72.8 Å². The molecule has 2 N–H and O–H groups in total. The first-order valence-corrected chi connectivity index (χ1v) is 10.7. The van der Waals surface area contributed by atoms with Crippen molar-refractivity contribution in [3.63, 3.8) is 0 Å². The standard InChI is InChI=1S/C28H20N4O/c29-16-22-7-6-18(12-23(22)17-30)13-28-31-25-14-24(27(33)15-26(25)32-28)21-10-8-20(9-11-21)19-4-2-1-3-5-19/h1-12,14-15,22-23,33H,13H2,(H,31,32). The van der Waals surface area contributed by atoms with Crippen LogP contribution in [0, 0.1) is 34.5 Å². The third-order valence-electron chi connectivity index (χ3n) is 5.92. The molecule has 0 saturated carbocycles. The van der Waals surface area contributed by atoms with Crippen molar-refractivity contribution in [2.24, 2.45) is 11.8 Å². The second-order valence-electron chi connectivity index (χ2n) is 8.10. The molecule has 5 rings (SSSR count). The number of hydrogen-bond acceptors (Lipinski definition) is 4. The number of rotatable bonds is 4. The second kappa shape index (κ2) is 8.49. The molecule has 0 bridgehead atoms. The van der Waals surface area contributed by atoms with Crippen LogP contribution in [-0.2, 0) is 6.42 Å². The number of fused-ring (bicyclic) bond motifs is 1. The number of nitriles is 2. The molecule has 0 fully saturated rings. The first-order chi connectivity index (χ1) is 16.1. The number of allylic oxidation sites excluding steroid dienone is 4. The average molecular weight is 428 g/mol. The van der Waals surface area contributed by atoms with Crippen LogP contribution in [-0.4, -0.2) is 15.1 Å². The Morgan fingerprint density at radius 1 is 0.879 bits per heavy atom. The lowest BCUT2D eigenvalue weighted by Crippen LogP contribution is -2.11. The highest BCUT2D eigenvalue weighted by molar-refractivity contribution is 5.86. The summed E-state index contributed by atoms with van der Waals surface area (Å²) in [5, 5.41) is 29.1. The van der Waals surface area contributed by atoms with E-state index in [1.165, 1.54) is 0 Å². The first-order valence-electron chi connectivity index (χ1n) is 10.7. The van der Waals surface area contributed by atoms with Gasteiger partial charge in [0, 0.05) is 18.1 Å². The van der Waals surface area contributed by atoms with E-state index in [9.17, 15) is 10.4 Å². The number of hydrogen-bond donors (Lipinski definition) is 2. The molecule has 0 spiro atoms. The Hall–Kier alpha value is -4.61. The number of H-pyrrole nitrogens is 1. The van der Waals surface area contributed by atoms with Crippen molar-refractivity contribution in [2.75, 3.05) is 0 Å². The topological polar surface area (TPSA) is 96.5 Å². The van der Waals surface area contributed by atoms with Crippen LogP contribution in [0.3, 0.4) is 0 Å². The molecule has 0 radical (unpaired) electrons. The van der Waals surface area contributed by atoms with E-state index in [0.717, 1.165) is 39.2 Å². The third-order valence-corrected chi connectivity index (χ3v) is 5.92. The second-order valence-corrected chi connectivity index (χ2v) is 8.10. The summed E-state index contributed by atoms with van der Waals surface area (Å²) in [7, 11) is 0. The minimum atomic E-state index is -0.450. The molecular weight excluding hydrogens is 408 g/mol. The fourth-order valence-electron chi connectivity index (χ4n) is 4.18. The third kappa shape index (κ3) is 4.01. The maximum atomic E-state index is 10.7. The minimum absolute atomic E-state index is 0.172. The predicted molar refractivity (Wildman–Crippen MR) is 128 cm³/mol. The molecule has 5 nitrogen and oxygen atoms in total. The summed E-state index contributed by atoms with van der Waals surface area (Å²) in [4.78, 5) is 7.94. The Morgan fingerprint density at radius 2 is 1.58 bits per heavy atom. The van der Waals surface area contributed by atoms with Gasteiger partial charge in [0.25, 0.3) is 0 Å². The number of aromatic hydroxyl groups is 1. The molecule has 4 aromatic rings. The highest BCUT2D eigenvalue weighted by atomic mass is 16.3. The van der Waals surface area contributed by atoms with E-state index >= 15 is 0 Å². The van der Waals surface area contributed by atoms with Gasteiger partial charge in [0.05, 0.1) is 35.0 Å². The van der Waals surface area contributed by atoms with Crippen molar-refractivity contribution in [2.45, 2.75) is 6.42 Å². The fourth-order valence-corrected chi connectivity index (χ4v) is 4.18. The smallest absolute Gasteiger partial charge is 0.125 e. The van der Waals surface area contributed by atoms with Crippen molar-refractivity contribution in [1.29, 1.82) is 10.5 Å². The van der Waals surface area contributed by atoms with Crippen LogP contribution < -0.4 is 0 Å². The number of phenols is 1. The Morgan fingerprint density at radius 3 is 2.30 bits per heavy atom. The van der Waals surface area contributed by atoms with E-state index in [0.29, 0.717) is 11.9 Å². The summed E-state index contributed by atoms with van der Waals surface area (Å²) in [6.45, 7) is 0. The zero-order valence-corrected chi connectivity index (χ0v) is 17.7. The number of aromatic nitrogens is 2. The Kier molecular flexibility index (Phi) is 5.23. The van der Waals surface area contributed by atoms with Gasteiger partial charge in [-0.2, -0.15) is 10.5 Å². The van der Waals surface area contributed by atoms with E-state index in [4.69, 9.17) is 5.26 Å². The van der Waals surface area contributed by atoms with Crippen LogP contribution in [0.25, 0.3) is 33.3 Å². The maximum Gasteiger partial charge on any atom is 0.125 e. The van der Waals surface area contributed by atoms with Gasteiger partial charge >= 0.3 is 0 Å². The van der Waals surface area contributed by atoms with Gasteiger partial charge in [0.15, 0.2) is 0 Å². The number of nitrogens with zero attached hydrogens (tertiary/aromatic N) is 3. The van der Waals surface area contributed by atoms with Gasteiger partial charge in [-0.15, -0.1) is 0 Å². The van der Waals surface area contributed by atoms with Gasteiger partial charge in [0.2, 0.25) is 0 Å². The fraction of sp³-hybridized carbons (Fsp3) is 0.107. The highest BCUT2D eigenvalue weighted by Gasteiger charge is 2.21. The van der Waals surface area contributed by atoms with Crippen LogP contribution in [0.1, 0.15) is 5.82 Å². The molecule has 2 atom stereocenters. The summed E-state index contributed by atoms with van der Waals surface area (Å²) in [5.74, 6) is 0.0475. The minimum Gasteiger partial charge on any atom is -0.507 e. The molecule has 0 amide bonds. The van der Waals surface area contributed by atoms with Crippen molar-refractivity contribution in [1.82, 2.24) is 9.97 Å². The molecule has 33 heavy (non-hydrogen) atoms. The van der Waals surface area contributed by atoms with Crippen LogP contribution >= 0.6 is 0 Å². The summed E-state index contributed by atoms with van der Waals surface area (Å²) < 4.78 is 0. The quantitative estimate of drug-likeness (QED) is 0.422. The van der Waals surface area contributed by atoms with Crippen LogP contribution in [0.15, 0.2) is 90.5 Å². The lowest BCUT2D eigenvalue weighted by atomic mass is 9.87. The lowest BCUT2D eigenvalue weighted by molar-refractivity contribution is 0.478. The van der Waals surface area contributed by atoms with Gasteiger partial charge in [-0.05, 0) is 28.3 Å². The van der Waals surface area contributed by atoms with E-state index < -0.39 is 11.8 Å². The first kappa shape index (κ1) is 20.3. The van der Waals surface area contributed by atoms with E-state index in [2.05, 4.69) is 46.4 Å². The predicted octanol–water partition coefficient (Wildman–Crippen LogP) is 5.92. The zero-order valence-electron chi connectivity index (χ0n) is 17.7. The molecule has 1 aliphatic rings. The maximum absolute atomic E-state index is 10.7.